The fourth-order valence-electron chi connectivity index (χ4n) is 10.0. The van der Waals surface area contributed by atoms with Crippen molar-refractivity contribution in [3.8, 4) is 0 Å². The zero-order valence-electron chi connectivity index (χ0n) is 44.8. The number of rotatable bonds is 53. The first-order valence-corrected chi connectivity index (χ1v) is 29.3. The summed E-state index contributed by atoms with van der Waals surface area (Å²) < 4.78 is 11.3. The monoisotopic (exact) mass is 904 g/mol. The predicted molar refractivity (Wildman–Crippen MR) is 281 cm³/mol. The van der Waals surface area contributed by atoms with E-state index in [0.717, 1.165) is 56.3 Å². The lowest BCUT2D eigenvalue weighted by atomic mass is 9.89. The minimum absolute atomic E-state index is 0.0202. The van der Waals surface area contributed by atoms with Gasteiger partial charge < -0.3 is 14.4 Å². The molecule has 0 amide bonds. The van der Waals surface area contributed by atoms with E-state index in [0.29, 0.717) is 26.1 Å². The Labute approximate surface area is 402 Å². The van der Waals surface area contributed by atoms with Crippen LogP contribution in [0.5, 0.6) is 0 Å². The fraction of sp³-hybridized carbons (Fsp3) is 0.966. The van der Waals surface area contributed by atoms with Gasteiger partial charge in [0.2, 0.25) is 0 Å². The highest BCUT2D eigenvalue weighted by molar-refractivity contribution is 5.69. The first-order valence-electron chi connectivity index (χ1n) is 29.3. The van der Waals surface area contributed by atoms with Crippen LogP contribution in [-0.4, -0.2) is 50.7 Å². The van der Waals surface area contributed by atoms with E-state index in [1.54, 1.807) is 0 Å². The predicted octanol–water partition coefficient (Wildman–Crippen LogP) is 19.1. The van der Waals surface area contributed by atoms with Crippen molar-refractivity contribution in [3.05, 3.63) is 0 Å². The molecule has 0 radical (unpaired) electrons. The van der Waals surface area contributed by atoms with Gasteiger partial charge in [-0.25, -0.2) is 0 Å². The average molecular weight is 905 g/mol. The first kappa shape index (κ1) is 62.9. The van der Waals surface area contributed by atoms with Crippen LogP contribution in [0.3, 0.4) is 0 Å². The summed E-state index contributed by atoms with van der Waals surface area (Å²) in [5.74, 6) is 2.64. The van der Waals surface area contributed by atoms with Crippen LogP contribution in [0.25, 0.3) is 0 Å². The number of unbranched alkanes of at least 4 members (excludes halogenated alkanes) is 25. The molecule has 0 saturated carbocycles. The second-order valence-electron chi connectivity index (χ2n) is 21.0. The van der Waals surface area contributed by atoms with Crippen molar-refractivity contribution in [3.63, 3.8) is 0 Å². The van der Waals surface area contributed by atoms with Crippen molar-refractivity contribution in [1.29, 1.82) is 0 Å². The smallest absolute Gasteiger partial charge is 0.305 e. The highest BCUT2D eigenvalue weighted by Crippen LogP contribution is 2.27. The number of carbonyl (C=O) groups is 2. The van der Waals surface area contributed by atoms with Crippen LogP contribution in [-0.2, 0) is 19.1 Å². The first-order chi connectivity index (χ1) is 31.4. The van der Waals surface area contributed by atoms with E-state index in [1.807, 2.05) is 0 Å². The van der Waals surface area contributed by atoms with Crippen LogP contribution in [0.15, 0.2) is 0 Å². The molecule has 0 aliphatic heterocycles. The molecule has 0 aromatic carbocycles. The van der Waals surface area contributed by atoms with Gasteiger partial charge in [-0.1, -0.05) is 259 Å². The summed E-state index contributed by atoms with van der Waals surface area (Å²) in [5.41, 5.74) is 0. The molecule has 0 aliphatic rings. The van der Waals surface area contributed by atoms with E-state index in [2.05, 4.69) is 46.7 Å². The van der Waals surface area contributed by atoms with Crippen molar-refractivity contribution in [2.75, 3.05) is 33.9 Å². The summed E-state index contributed by atoms with van der Waals surface area (Å²) in [6.07, 6.45) is 57.2. The third-order valence-electron chi connectivity index (χ3n) is 14.4. The summed E-state index contributed by atoms with van der Waals surface area (Å²) in [6, 6.07) is 0. The van der Waals surface area contributed by atoms with Gasteiger partial charge in [-0.2, -0.15) is 0 Å². The van der Waals surface area contributed by atoms with Crippen LogP contribution in [0.2, 0.25) is 0 Å². The molecule has 0 N–H and O–H groups in total. The Bertz CT molecular complexity index is 850. The summed E-state index contributed by atoms with van der Waals surface area (Å²) in [5, 5.41) is 0. The van der Waals surface area contributed by atoms with Gasteiger partial charge in [0.15, 0.2) is 0 Å². The Kier molecular flexibility index (Phi) is 50.4. The molecule has 0 unspecified atom stereocenters. The van der Waals surface area contributed by atoms with Gasteiger partial charge in [0.1, 0.15) is 0 Å². The van der Waals surface area contributed by atoms with Crippen molar-refractivity contribution in [1.82, 2.24) is 4.90 Å². The van der Waals surface area contributed by atoms with Crippen LogP contribution in [0, 0.1) is 17.8 Å². The Hall–Kier alpha value is -1.10. The third kappa shape index (κ3) is 47.4. The number of hydrogen-bond acceptors (Lipinski definition) is 5. The molecule has 382 valence electrons. The Morgan fingerprint density at radius 1 is 0.312 bits per heavy atom. The van der Waals surface area contributed by atoms with Crippen molar-refractivity contribution in [2.45, 2.75) is 317 Å². The molecule has 0 aromatic rings. The largest absolute Gasteiger partial charge is 0.466 e. The van der Waals surface area contributed by atoms with Gasteiger partial charge in [-0.05, 0) is 83.3 Å². The Morgan fingerprint density at radius 3 is 0.828 bits per heavy atom. The molecule has 0 fully saturated rings. The second-order valence-corrected chi connectivity index (χ2v) is 21.0. The molecule has 0 bridgehead atoms. The maximum atomic E-state index is 12.4. The lowest BCUT2D eigenvalue weighted by molar-refractivity contribution is -0.144. The topological polar surface area (TPSA) is 55.8 Å². The molecule has 0 atom stereocenters. The zero-order chi connectivity index (χ0) is 46.8. The quantitative estimate of drug-likeness (QED) is 0.0450. The van der Waals surface area contributed by atoms with E-state index >= 15 is 0 Å². The van der Waals surface area contributed by atoms with Crippen molar-refractivity contribution in [2.24, 2.45) is 17.8 Å². The third-order valence-corrected chi connectivity index (χ3v) is 14.4. The van der Waals surface area contributed by atoms with Crippen LogP contribution in [0.4, 0.5) is 0 Å². The second kappa shape index (κ2) is 51.3. The number of nitrogens with zero attached hydrogens (tertiary/aromatic N) is 1. The molecule has 0 spiro atoms. The molecule has 0 aliphatic carbocycles. The highest BCUT2D eigenvalue weighted by Gasteiger charge is 2.13. The van der Waals surface area contributed by atoms with Crippen LogP contribution < -0.4 is 0 Å². The summed E-state index contributed by atoms with van der Waals surface area (Å²) in [6.45, 7) is 11.6. The molecule has 0 aromatic heterocycles. The number of carbonyl (C=O) groups excluding carboxylic acids is 2. The van der Waals surface area contributed by atoms with E-state index in [1.165, 1.54) is 244 Å². The van der Waals surface area contributed by atoms with Crippen LogP contribution in [0.1, 0.15) is 317 Å². The molecule has 0 saturated heterocycles. The van der Waals surface area contributed by atoms with Gasteiger partial charge in [0, 0.05) is 12.8 Å². The zero-order valence-corrected chi connectivity index (χ0v) is 44.8. The Balaban J connectivity index is 4.24. The minimum Gasteiger partial charge on any atom is -0.466 e. The molecule has 64 heavy (non-hydrogen) atoms. The lowest BCUT2D eigenvalue weighted by Crippen LogP contribution is -2.12. The van der Waals surface area contributed by atoms with E-state index in [9.17, 15) is 9.59 Å². The van der Waals surface area contributed by atoms with E-state index in [4.69, 9.17) is 9.47 Å². The maximum absolute atomic E-state index is 12.4. The number of esters is 2. The van der Waals surface area contributed by atoms with Gasteiger partial charge in [0.25, 0.3) is 0 Å². The lowest BCUT2D eigenvalue weighted by Gasteiger charge is -2.17. The number of hydrogen-bond donors (Lipinski definition) is 0. The van der Waals surface area contributed by atoms with Crippen molar-refractivity contribution >= 4 is 11.9 Å². The van der Waals surface area contributed by atoms with Crippen molar-refractivity contribution < 1.29 is 19.1 Å². The normalized spacial score (nSPS) is 11.8. The minimum atomic E-state index is 0.0202. The Morgan fingerprint density at radius 2 is 0.547 bits per heavy atom. The molecule has 0 rings (SSSR count). The molecule has 0 heterocycles. The summed E-state index contributed by atoms with van der Waals surface area (Å²) >= 11 is 0. The van der Waals surface area contributed by atoms with Gasteiger partial charge >= 0.3 is 11.9 Å². The van der Waals surface area contributed by atoms with Gasteiger partial charge in [-0.15, -0.1) is 0 Å². The average Bonchev–Trinajstić information content (AvgIpc) is 3.28. The van der Waals surface area contributed by atoms with Gasteiger partial charge in [-0.3, -0.25) is 9.59 Å². The number of ether oxygens (including phenoxy) is 2. The molecular weight excluding hydrogens is 787 g/mol. The molecular formula is C59H117NO4. The van der Waals surface area contributed by atoms with Crippen LogP contribution >= 0.6 is 0 Å². The van der Waals surface area contributed by atoms with Gasteiger partial charge in [0.05, 0.1) is 13.2 Å². The van der Waals surface area contributed by atoms with E-state index < -0.39 is 0 Å². The standard InChI is InChI=1S/C59H117NO4/c1-7-11-15-27-41-56(42-28-16-12-8-2)48-36-39-53-63-58(61)50-34-23-19-21-31-45-55(47-33-25-26-38-52-60(5)6)46-32-22-20-24-35-51-59(62)64-54-40-37-49-57(43-29-17-13-9-3)44-30-18-14-10-4/h55-57H,7-54H2,1-6H3. The maximum Gasteiger partial charge on any atom is 0.305 e. The SMILES string of the molecule is CCCCCCC(CCCCCC)CCCCOC(=O)CCCCCCCC(CCCCCCCC(=O)OCCCCC(CCCCCC)CCCCCC)CCCCCCN(C)C. The summed E-state index contributed by atoms with van der Waals surface area (Å²) in [7, 11) is 4.36. The molecule has 5 nitrogen and oxygen atoms in total. The van der Waals surface area contributed by atoms with E-state index in [-0.39, 0.29) is 11.9 Å². The fourth-order valence-corrected chi connectivity index (χ4v) is 10.0. The highest BCUT2D eigenvalue weighted by atomic mass is 16.5. The molecule has 5 heteroatoms. The summed E-state index contributed by atoms with van der Waals surface area (Å²) in [4.78, 5) is 27.2.